The second-order valence-corrected chi connectivity index (χ2v) is 3.96. The average Bonchev–Trinajstić information content (AvgIpc) is 2.43. The standard InChI is InChI=1S/C14H13NO4/c1-19-11-7-6-9-4-2-3-5-10(9)12(11)13(14(17)18)15-8-16/h2-8,13H,1H3,(H,15,16)(H,17,18). The zero-order chi connectivity index (χ0) is 13.8. The first-order valence-electron chi connectivity index (χ1n) is 5.67. The maximum Gasteiger partial charge on any atom is 0.331 e. The second-order valence-electron chi connectivity index (χ2n) is 3.96. The van der Waals surface area contributed by atoms with Crippen LogP contribution in [0.1, 0.15) is 11.6 Å². The minimum atomic E-state index is -1.14. The number of hydrogen-bond acceptors (Lipinski definition) is 3. The molecule has 0 aliphatic heterocycles. The highest BCUT2D eigenvalue weighted by atomic mass is 16.5. The Labute approximate surface area is 109 Å². The van der Waals surface area contributed by atoms with Crippen molar-refractivity contribution in [2.45, 2.75) is 6.04 Å². The van der Waals surface area contributed by atoms with Crippen LogP contribution < -0.4 is 10.1 Å². The summed E-state index contributed by atoms with van der Waals surface area (Å²) in [5, 5.41) is 13.2. The predicted octanol–water partition coefficient (Wildman–Crippen LogP) is 1.72. The van der Waals surface area contributed by atoms with Crippen molar-refractivity contribution in [1.82, 2.24) is 5.32 Å². The molecule has 2 rings (SSSR count). The first kappa shape index (κ1) is 12.9. The number of aliphatic carboxylic acids is 1. The minimum absolute atomic E-state index is 0.375. The number of ether oxygens (including phenoxy) is 1. The third-order valence-corrected chi connectivity index (χ3v) is 2.92. The summed E-state index contributed by atoms with van der Waals surface area (Å²) in [5.74, 6) is -0.706. The van der Waals surface area contributed by atoms with Gasteiger partial charge in [0.25, 0.3) is 0 Å². The Morgan fingerprint density at radius 1 is 1.32 bits per heavy atom. The van der Waals surface area contributed by atoms with Crippen molar-refractivity contribution in [3.63, 3.8) is 0 Å². The van der Waals surface area contributed by atoms with Crippen molar-refractivity contribution in [1.29, 1.82) is 0 Å². The van der Waals surface area contributed by atoms with Gasteiger partial charge in [0.2, 0.25) is 6.41 Å². The van der Waals surface area contributed by atoms with E-state index >= 15 is 0 Å². The molecule has 0 bridgehead atoms. The summed E-state index contributed by atoms with van der Waals surface area (Å²) < 4.78 is 5.21. The summed E-state index contributed by atoms with van der Waals surface area (Å²) >= 11 is 0. The van der Waals surface area contributed by atoms with Gasteiger partial charge in [-0.2, -0.15) is 0 Å². The molecule has 2 aromatic rings. The molecule has 0 spiro atoms. The summed E-state index contributed by atoms with van der Waals surface area (Å²) in [5.41, 5.74) is 0.445. The Morgan fingerprint density at radius 3 is 2.68 bits per heavy atom. The second kappa shape index (κ2) is 5.39. The van der Waals surface area contributed by atoms with Crippen molar-refractivity contribution in [2.24, 2.45) is 0 Å². The topological polar surface area (TPSA) is 75.6 Å². The molecular formula is C14H13NO4. The van der Waals surface area contributed by atoms with Gasteiger partial charge in [-0.25, -0.2) is 4.79 Å². The molecular weight excluding hydrogens is 246 g/mol. The average molecular weight is 259 g/mol. The number of rotatable bonds is 5. The number of fused-ring (bicyclic) bond motifs is 1. The number of carbonyl (C=O) groups excluding carboxylic acids is 1. The van der Waals surface area contributed by atoms with Crippen molar-refractivity contribution in [3.8, 4) is 5.75 Å². The normalized spacial score (nSPS) is 11.8. The lowest BCUT2D eigenvalue weighted by Gasteiger charge is -2.17. The molecule has 98 valence electrons. The lowest BCUT2D eigenvalue weighted by Crippen LogP contribution is -2.27. The van der Waals surface area contributed by atoms with E-state index in [0.717, 1.165) is 10.8 Å². The third-order valence-electron chi connectivity index (χ3n) is 2.92. The molecule has 5 heteroatoms. The molecule has 2 aromatic carbocycles. The quantitative estimate of drug-likeness (QED) is 0.802. The van der Waals surface area contributed by atoms with Crippen molar-refractivity contribution in [2.75, 3.05) is 7.11 Å². The van der Waals surface area contributed by atoms with Gasteiger partial charge in [-0.3, -0.25) is 4.79 Å². The molecule has 0 fully saturated rings. The van der Waals surface area contributed by atoms with Crippen molar-refractivity contribution < 1.29 is 19.4 Å². The molecule has 0 aliphatic carbocycles. The molecule has 1 unspecified atom stereocenters. The number of methoxy groups -OCH3 is 1. The van der Waals surface area contributed by atoms with E-state index in [1.807, 2.05) is 24.3 Å². The third kappa shape index (κ3) is 2.35. The molecule has 0 heterocycles. The van der Waals surface area contributed by atoms with Crippen LogP contribution in [-0.4, -0.2) is 24.6 Å². The monoisotopic (exact) mass is 259 g/mol. The number of carbonyl (C=O) groups is 2. The molecule has 0 aromatic heterocycles. The van der Waals surface area contributed by atoms with Crippen LogP contribution in [0.15, 0.2) is 36.4 Å². The maximum atomic E-state index is 11.3. The minimum Gasteiger partial charge on any atom is -0.496 e. The van der Waals surface area contributed by atoms with Gasteiger partial charge in [0.15, 0.2) is 6.04 Å². The molecule has 19 heavy (non-hydrogen) atoms. The van der Waals surface area contributed by atoms with Gasteiger partial charge in [0.1, 0.15) is 5.75 Å². The Balaban J connectivity index is 2.73. The van der Waals surface area contributed by atoms with Crippen LogP contribution in [0.2, 0.25) is 0 Å². The Kier molecular flexibility index (Phi) is 3.66. The Hall–Kier alpha value is -2.56. The van der Waals surface area contributed by atoms with Crippen molar-refractivity contribution in [3.05, 3.63) is 42.0 Å². The van der Waals surface area contributed by atoms with Crippen LogP contribution in [0.5, 0.6) is 5.75 Å². The first-order chi connectivity index (χ1) is 9.19. The fraction of sp³-hybridized carbons (Fsp3) is 0.143. The summed E-state index contributed by atoms with van der Waals surface area (Å²) in [6.07, 6.45) is 0.375. The zero-order valence-corrected chi connectivity index (χ0v) is 10.3. The van der Waals surface area contributed by atoms with Gasteiger partial charge in [0, 0.05) is 5.56 Å². The SMILES string of the molecule is COc1ccc2ccccc2c1C(NC=O)C(=O)O. The highest BCUT2D eigenvalue weighted by molar-refractivity contribution is 5.93. The fourth-order valence-electron chi connectivity index (χ4n) is 2.10. The van der Waals surface area contributed by atoms with E-state index in [9.17, 15) is 14.7 Å². The number of nitrogens with one attached hydrogen (secondary N) is 1. The van der Waals surface area contributed by atoms with Crippen LogP contribution in [0.25, 0.3) is 10.8 Å². The Morgan fingerprint density at radius 2 is 2.05 bits per heavy atom. The highest BCUT2D eigenvalue weighted by Crippen LogP contribution is 2.33. The van der Waals surface area contributed by atoms with E-state index in [4.69, 9.17) is 4.74 Å². The number of hydrogen-bond donors (Lipinski definition) is 2. The molecule has 0 saturated carbocycles. The van der Waals surface area contributed by atoms with Gasteiger partial charge in [-0.1, -0.05) is 30.3 Å². The van der Waals surface area contributed by atoms with Gasteiger partial charge in [-0.05, 0) is 16.8 Å². The van der Waals surface area contributed by atoms with Gasteiger partial charge in [0.05, 0.1) is 7.11 Å². The molecule has 5 nitrogen and oxygen atoms in total. The van der Waals surface area contributed by atoms with Crippen LogP contribution >= 0.6 is 0 Å². The smallest absolute Gasteiger partial charge is 0.331 e. The predicted molar refractivity (Wildman–Crippen MR) is 70.1 cm³/mol. The van der Waals surface area contributed by atoms with Crippen LogP contribution in [-0.2, 0) is 9.59 Å². The molecule has 1 atom stereocenters. The van der Waals surface area contributed by atoms with Gasteiger partial charge < -0.3 is 15.2 Å². The maximum absolute atomic E-state index is 11.3. The number of carboxylic acids is 1. The van der Waals surface area contributed by atoms with Gasteiger partial charge in [-0.15, -0.1) is 0 Å². The highest BCUT2D eigenvalue weighted by Gasteiger charge is 2.24. The largest absolute Gasteiger partial charge is 0.496 e. The Bertz CT molecular complexity index is 624. The van der Waals surface area contributed by atoms with E-state index in [1.165, 1.54) is 7.11 Å². The molecule has 0 radical (unpaired) electrons. The van der Waals surface area contributed by atoms with E-state index in [1.54, 1.807) is 12.1 Å². The van der Waals surface area contributed by atoms with E-state index in [2.05, 4.69) is 5.32 Å². The van der Waals surface area contributed by atoms with Crippen LogP contribution in [0, 0.1) is 0 Å². The van der Waals surface area contributed by atoms with Crippen molar-refractivity contribution >= 4 is 23.2 Å². The fourth-order valence-corrected chi connectivity index (χ4v) is 2.10. The summed E-state index contributed by atoms with van der Waals surface area (Å²) in [6, 6.07) is 9.75. The number of amides is 1. The molecule has 1 amide bonds. The van der Waals surface area contributed by atoms with E-state index in [0.29, 0.717) is 17.7 Å². The lowest BCUT2D eigenvalue weighted by atomic mass is 9.97. The first-order valence-corrected chi connectivity index (χ1v) is 5.67. The zero-order valence-electron chi connectivity index (χ0n) is 10.3. The molecule has 0 aliphatic rings. The van der Waals surface area contributed by atoms with Crippen LogP contribution in [0.3, 0.4) is 0 Å². The lowest BCUT2D eigenvalue weighted by molar-refractivity contribution is -0.140. The van der Waals surface area contributed by atoms with E-state index < -0.39 is 12.0 Å². The van der Waals surface area contributed by atoms with Crippen LogP contribution in [0.4, 0.5) is 0 Å². The summed E-state index contributed by atoms with van der Waals surface area (Å²) in [4.78, 5) is 21.9. The molecule has 0 saturated heterocycles. The number of benzene rings is 2. The number of carboxylic acid groups (broad SMARTS) is 1. The summed E-state index contributed by atoms with van der Waals surface area (Å²) in [7, 11) is 1.47. The summed E-state index contributed by atoms with van der Waals surface area (Å²) in [6.45, 7) is 0. The van der Waals surface area contributed by atoms with Gasteiger partial charge >= 0.3 is 5.97 Å². The van der Waals surface area contributed by atoms with E-state index in [-0.39, 0.29) is 0 Å². The molecule has 2 N–H and O–H groups in total.